The number of rotatable bonds is 5. The largest absolute Gasteiger partial charge is 0.456 e. The van der Waals surface area contributed by atoms with E-state index >= 15 is 0 Å². The fraction of sp³-hybridized carbons (Fsp3) is 0.0435. The second-order valence-corrected chi connectivity index (χ2v) is 14.3. The maximum absolute atomic E-state index is 6.37. The summed E-state index contributed by atoms with van der Waals surface area (Å²) in [6, 6.07) is 57.5. The second kappa shape index (κ2) is 11.7. The zero-order valence-electron chi connectivity index (χ0n) is 27.8. The normalized spacial score (nSPS) is 16.0. The molecule has 0 aliphatic carbocycles. The van der Waals surface area contributed by atoms with E-state index in [9.17, 15) is 0 Å². The fourth-order valence-electron chi connectivity index (χ4n) is 7.36. The maximum atomic E-state index is 6.37. The molecule has 1 atom stereocenters. The third-order valence-corrected chi connectivity index (χ3v) is 11.0. The molecule has 4 nitrogen and oxygen atoms in total. The number of aliphatic imine (C=N–C) groups is 2. The monoisotopic (exact) mass is 673 g/mol. The Labute approximate surface area is 299 Å². The van der Waals surface area contributed by atoms with Crippen LogP contribution >= 0.6 is 11.3 Å². The van der Waals surface area contributed by atoms with Gasteiger partial charge in [-0.25, -0.2) is 9.98 Å². The van der Waals surface area contributed by atoms with Crippen molar-refractivity contribution < 1.29 is 4.42 Å². The topological polar surface area (TPSA) is 49.9 Å². The van der Waals surface area contributed by atoms with Gasteiger partial charge in [0.2, 0.25) is 0 Å². The molecule has 1 unspecified atom stereocenters. The van der Waals surface area contributed by atoms with Crippen LogP contribution in [-0.4, -0.2) is 11.7 Å². The van der Waals surface area contributed by atoms with Gasteiger partial charge in [-0.15, -0.1) is 11.3 Å². The SMILES string of the molecule is CC1(c2cccc(-c3ccccc3)c2)N=C(c2cc(-c3ccc4c(c3)oc3ccccc34)c3c(c2)sc2ccccc23)N=C(c2ccccc2)N1. The number of thiophene rings is 1. The Kier molecular flexibility index (Phi) is 6.76. The summed E-state index contributed by atoms with van der Waals surface area (Å²) >= 11 is 1.81. The maximum Gasteiger partial charge on any atom is 0.159 e. The van der Waals surface area contributed by atoms with E-state index in [0.717, 1.165) is 61.2 Å². The van der Waals surface area contributed by atoms with Crippen LogP contribution in [0.3, 0.4) is 0 Å². The van der Waals surface area contributed by atoms with E-state index in [4.69, 9.17) is 14.4 Å². The molecule has 7 aromatic carbocycles. The van der Waals surface area contributed by atoms with Crippen LogP contribution in [-0.2, 0) is 5.66 Å². The molecular formula is C46H31N3OS. The number of hydrogen-bond donors (Lipinski definition) is 1. The Morgan fingerprint density at radius 2 is 1.24 bits per heavy atom. The first-order valence-electron chi connectivity index (χ1n) is 17.2. The van der Waals surface area contributed by atoms with Crippen molar-refractivity contribution in [3.05, 3.63) is 180 Å². The molecule has 10 rings (SSSR count). The Balaban J connectivity index is 1.19. The molecule has 0 spiro atoms. The van der Waals surface area contributed by atoms with Crippen LogP contribution < -0.4 is 5.32 Å². The first kappa shape index (κ1) is 29.6. The summed E-state index contributed by atoms with van der Waals surface area (Å²) in [4.78, 5) is 10.7. The summed E-state index contributed by atoms with van der Waals surface area (Å²) in [5.74, 6) is 1.47. The highest BCUT2D eigenvalue weighted by Gasteiger charge is 2.33. The number of benzene rings is 7. The molecule has 2 aromatic heterocycles. The van der Waals surface area contributed by atoms with Crippen LogP contribution in [0.25, 0.3) is 64.4 Å². The van der Waals surface area contributed by atoms with E-state index in [1.165, 1.54) is 25.7 Å². The van der Waals surface area contributed by atoms with Crippen LogP contribution in [0.1, 0.15) is 23.6 Å². The van der Waals surface area contributed by atoms with Gasteiger partial charge in [0.1, 0.15) is 17.0 Å². The number of nitrogens with one attached hydrogen (secondary N) is 1. The molecule has 1 N–H and O–H groups in total. The van der Waals surface area contributed by atoms with Crippen LogP contribution in [0.5, 0.6) is 0 Å². The van der Waals surface area contributed by atoms with E-state index in [0.29, 0.717) is 5.84 Å². The van der Waals surface area contributed by atoms with Gasteiger partial charge in [0.15, 0.2) is 11.5 Å². The van der Waals surface area contributed by atoms with Crippen molar-refractivity contribution in [1.82, 2.24) is 5.32 Å². The molecule has 1 aliphatic rings. The van der Waals surface area contributed by atoms with Gasteiger partial charge in [-0.2, -0.15) is 0 Å². The van der Waals surface area contributed by atoms with E-state index < -0.39 is 5.66 Å². The molecule has 51 heavy (non-hydrogen) atoms. The highest BCUT2D eigenvalue weighted by Crippen LogP contribution is 2.43. The van der Waals surface area contributed by atoms with E-state index in [-0.39, 0.29) is 0 Å². The quantitative estimate of drug-likeness (QED) is 0.198. The fourth-order valence-corrected chi connectivity index (χ4v) is 8.54. The van der Waals surface area contributed by atoms with Crippen molar-refractivity contribution in [1.29, 1.82) is 0 Å². The van der Waals surface area contributed by atoms with Crippen LogP contribution in [0.15, 0.2) is 178 Å². The average molecular weight is 674 g/mol. The molecule has 1 aliphatic heterocycles. The number of hydrogen-bond acceptors (Lipinski definition) is 5. The van der Waals surface area contributed by atoms with E-state index in [1.54, 1.807) is 11.3 Å². The highest BCUT2D eigenvalue weighted by atomic mass is 32.1. The van der Waals surface area contributed by atoms with Gasteiger partial charge >= 0.3 is 0 Å². The molecule has 0 fully saturated rings. The Hall–Kier alpha value is -6.30. The summed E-state index contributed by atoms with van der Waals surface area (Å²) in [5, 5.41) is 8.45. The molecule has 0 saturated carbocycles. The predicted molar refractivity (Wildman–Crippen MR) is 214 cm³/mol. The molecule has 0 amide bonds. The minimum atomic E-state index is -0.782. The lowest BCUT2D eigenvalue weighted by Crippen LogP contribution is -2.46. The zero-order chi connectivity index (χ0) is 33.9. The van der Waals surface area contributed by atoms with E-state index in [1.807, 2.05) is 36.4 Å². The van der Waals surface area contributed by atoms with Crippen molar-refractivity contribution >= 4 is 65.1 Å². The first-order valence-corrected chi connectivity index (χ1v) is 18.0. The Bertz CT molecular complexity index is 2850. The molecule has 0 radical (unpaired) electrons. The molecular weight excluding hydrogens is 643 g/mol. The van der Waals surface area contributed by atoms with Crippen molar-refractivity contribution in [2.45, 2.75) is 12.6 Å². The van der Waals surface area contributed by atoms with Crippen molar-refractivity contribution in [3.8, 4) is 22.3 Å². The first-order chi connectivity index (χ1) is 25.1. The van der Waals surface area contributed by atoms with Gasteiger partial charge in [0.05, 0.1) is 0 Å². The average Bonchev–Trinajstić information content (AvgIpc) is 3.76. The second-order valence-electron chi connectivity index (χ2n) is 13.2. The summed E-state index contributed by atoms with van der Waals surface area (Å²) < 4.78 is 8.81. The Morgan fingerprint density at radius 1 is 0.529 bits per heavy atom. The molecule has 242 valence electrons. The summed E-state index contributed by atoms with van der Waals surface area (Å²) in [7, 11) is 0. The molecule has 5 heteroatoms. The van der Waals surface area contributed by atoms with Crippen LogP contribution in [0.4, 0.5) is 0 Å². The standard InChI is InChI=1S/C46H31N3OS/c1-46(34-18-12-17-31(25-34)29-13-4-2-5-14-29)48-44(30-15-6-3-7-16-30)47-45(49-46)33-26-38(43-37-20-9-11-22-41(37)51-42(43)28-33)32-23-24-36-35-19-8-10-21-39(35)50-40(36)27-32/h2-28H,1H3,(H,47,48,49). The molecule has 3 heterocycles. The lowest BCUT2D eigenvalue weighted by Gasteiger charge is -2.33. The smallest absolute Gasteiger partial charge is 0.159 e. The lowest BCUT2D eigenvalue weighted by atomic mass is 9.94. The van der Waals surface area contributed by atoms with Crippen LogP contribution in [0.2, 0.25) is 0 Å². The van der Waals surface area contributed by atoms with E-state index in [2.05, 4.69) is 140 Å². The number of nitrogens with zero attached hydrogens (tertiary/aromatic N) is 2. The molecule has 0 saturated heterocycles. The zero-order valence-corrected chi connectivity index (χ0v) is 28.6. The van der Waals surface area contributed by atoms with Crippen molar-refractivity contribution in [3.63, 3.8) is 0 Å². The Morgan fingerprint density at radius 3 is 2.08 bits per heavy atom. The third kappa shape index (κ3) is 5.05. The highest BCUT2D eigenvalue weighted by molar-refractivity contribution is 7.26. The number of amidine groups is 2. The van der Waals surface area contributed by atoms with Gasteiger partial charge in [-0.1, -0.05) is 121 Å². The van der Waals surface area contributed by atoms with Gasteiger partial charge < -0.3 is 9.73 Å². The van der Waals surface area contributed by atoms with Gasteiger partial charge in [-0.05, 0) is 77.2 Å². The summed E-state index contributed by atoms with van der Waals surface area (Å²) in [5.41, 5.74) is 8.56. The minimum absolute atomic E-state index is 0.686. The number of para-hydroxylation sites is 1. The van der Waals surface area contributed by atoms with Crippen molar-refractivity contribution in [2.24, 2.45) is 9.98 Å². The lowest BCUT2D eigenvalue weighted by molar-refractivity contribution is 0.455. The van der Waals surface area contributed by atoms with Crippen molar-refractivity contribution in [2.75, 3.05) is 0 Å². The van der Waals surface area contributed by atoms with Crippen LogP contribution in [0, 0.1) is 0 Å². The predicted octanol–water partition coefficient (Wildman–Crippen LogP) is 12.0. The molecule has 9 aromatic rings. The third-order valence-electron chi connectivity index (χ3n) is 9.91. The van der Waals surface area contributed by atoms with Gasteiger partial charge in [-0.3, -0.25) is 0 Å². The minimum Gasteiger partial charge on any atom is -0.456 e. The molecule has 0 bridgehead atoms. The number of furan rings is 1. The summed E-state index contributed by atoms with van der Waals surface area (Å²) in [6.45, 7) is 2.14. The van der Waals surface area contributed by atoms with Gasteiger partial charge in [0, 0.05) is 42.1 Å². The summed E-state index contributed by atoms with van der Waals surface area (Å²) in [6.07, 6.45) is 0. The van der Waals surface area contributed by atoms with Gasteiger partial charge in [0.25, 0.3) is 0 Å². The number of fused-ring (bicyclic) bond motifs is 6.